The fraction of sp³-hybridized carbons (Fsp3) is 0.375. The van der Waals surface area contributed by atoms with E-state index in [1.165, 1.54) is 10.8 Å². The summed E-state index contributed by atoms with van der Waals surface area (Å²) < 4.78 is 5.56. The number of methoxy groups -OCH3 is 1. The molecule has 18 heavy (non-hydrogen) atoms. The SMILES string of the molecule is COc1ccccc1[Si](C)(C)C1(C)C=CC=C1C. The summed E-state index contributed by atoms with van der Waals surface area (Å²) in [6.45, 7) is 9.46. The highest BCUT2D eigenvalue weighted by atomic mass is 28.3. The Morgan fingerprint density at radius 1 is 1.17 bits per heavy atom. The Kier molecular flexibility index (Phi) is 3.24. The van der Waals surface area contributed by atoms with Crippen LogP contribution in [0.4, 0.5) is 0 Å². The van der Waals surface area contributed by atoms with Crippen molar-refractivity contribution in [3.8, 4) is 5.75 Å². The van der Waals surface area contributed by atoms with E-state index in [4.69, 9.17) is 4.74 Å². The van der Waals surface area contributed by atoms with Crippen LogP contribution in [-0.2, 0) is 0 Å². The molecule has 0 spiro atoms. The van der Waals surface area contributed by atoms with Crippen LogP contribution in [-0.4, -0.2) is 15.2 Å². The quantitative estimate of drug-likeness (QED) is 0.747. The predicted octanol–water partition coefficient (Wildman–Crippen LogP) is 3.89. The first kappa shape index (κ1) is 13.2. The maximum absolute atomic E-state index is 5.56. The molecule has 1 aromatic carbocycles. The van der Waals surface area contributed by atoms with Gasteiger partial charge in [-0.25, -0.2) is 0 Å². The molecule has 2 heteroatoms. The average molecular weight is 258 g/mol. The second kappa shape index (κ2) is 4.43. The number of hydrogen-bond acceptors (Lipinski definition) is 1. The van der Waals surface area contributed by atoms with Gasteiger partial charge < -0.3 is 4.74 Å². The van der Waals surface area contributed by atoms with Gasteiger partial charge in [-0.1, -0.05) is 62.0 Å². The first-order valence-corrected chi connectivity index (χ1v) is 9.43. The Bertz CT molecular complexity index is 514. The molecule has 0 radical (unpaired) electrons. The van der Waals surface area contributed by atoms with Crippen molar-refractivity contribution in [2.45, 2.75) is 32.0 Å². The van der Waals surface area contributed by atoms with Crippen molar-refractivity contribution < 1.29 is 4.74 Å². The molecule has 0 aliphatic heterocycles. The monoisotopic (exact) mass is 258 g/mol. The topological polar surface area (TPSA) is 9.23 Å². The van der Waals surface area contributed by atoms with Gasteiger partial charge in [0.25, 0.3) is 0 Å². The van der Waals surface area contributed by atoms with E-state index in [-0.39, 0.29) is 5.04 Å². The minimum Gasteiger partial charge on any atom is -0.497 e. The number of benzene rings is 1. The van der Waals surface area contributed by atoms with E-state index in [2.05, 4.69) is 63.4 Å². The molecule has 1 aliphatic carbocycles. The molecule has 0 bridgehead atoms. The zero-order valence-corrected chi connectivity index (χ0v) is 12.9. The van der Waals surface area contributed by atoms with E-state index in [1.807, 2.05) is 6.07 Å². The van der Waals surface area contributed by atoms with E-state index in [1.54, 1.807) is 7.11 Å². The largest absolute Gasteiger partial charge is 0.497 e. The summed E-state index contributed by atoms with van der Waals surface area (Å²) in [6.07, 6.45) is 6.80. The molecule has 0 aromatic heterocycles. The van der Waals surface area contributed by atoms with Gasteiger partial charge in [0.15, 0.2) is 0 Å². The summed E-state index contributed by atoms with van der Waals surface area (Å²) in [5.41, 5.74) is 1.46. The number of allylic oxidation sites excluding steroid dienone is 4. The van der Waals surface area contributed by atoms with Crippen molar-refractivity contribution in [1.82, 2.24) is 0 Å². The van der Waals surface area contributed by atoms with Gasteiger partial charge >= 0.3 is 0 Å². The van der Waals surface area contributed by atoms with E-state index in [0.29, 0.717) is 0 Å². The third kappa shape index (κ3) is 1.76. The van der Waals surface area contributed by atoms with Crippen LogP contribution < -0.4 is 9.92 Å². The highest BCUT2D eigenvalue weighted by Crippen LogP contribution is 2.49. The lowest BCUT2D eigenvalue weighted by Gasteiger charge is -2.41. The molecule has 1 atom stereocenters. The van der Waals surface area contributed by atoms with Crippen LogP contribution in [0.25, 0.3) is 0 Å². The van der Waals surface area contributed by atoms with Crippen LogP contribution >= 0.6 is 0 Å². The lowest BCUT2D eigenvalue weighted by molar-refractivity contribution is 0.417. The van der Waals surface area contributed by atoms with E-state index in [0.717, 1.165) is 5.75 Å². The number of hydrogen-bond donors (Lipinski definition) is 0. The molecule has 96 valence electrons. The van der Waals surface area contributed by atoms with Crippen LogP contribution in [0, 0.1) is 0 Å². The lowest BCUT2D eigenvalue weighted by Crippen LogP contribution is -2.51. The highest BCUT2D eigenvalue weighted by Gasteiger charge is 2.45. The molecule has 0 saturated carbocycles. The van der Waals surface area contributed by atoms with Gasteiger partial charge in [-0.05, 0) is 18.2 Å². The second-order valence-corrected chi connectivity index (χ2v) is 10.6. The Labute approximate surface area is 111 Å². The van der Waals surface area contributed by atoms with Gasteiger partial charge in [0.1, 0.15) is 5.75 Å². The van der Waals surface area contributed by atoms with Crippen LogP contribution in [0.5, 0.6) is 5.75 Å². The fourth-order valence-electron chi connectivity index (χ4n) is 2.83. The zero-order chi connectivity index (χ0) is 13.4. The molecular weight excluding hydrogens is 236 g/mol. The minimum atomic E-state index is -1.68. The third-order valence-electron chi connectivity index (χ3n) is 4.67. The average Bonchev–Trinajstić information content (AvgIpc) is 2.71. The summed E-state index contributed by atoms with van der Waals surface area (Å²) in [6, 6.07) is 8.47. The molecule has 1 aliphatic rings. The Hall–Kier alpha value is -1.28. The second-order valence-electron chi connectivity index (χ2n) is 5.74. The number of ether oxygens (including phenoxy) is 1. The Balaban J connectivity index is 2.55. The van der Waals surface area contributed by atoms with Crippen molar-refractivity contribution in [2.75, 3.05) is 7.11 Å². The Morgan fingerprint density at radius 2 is 1.83 bits per heavy atom. The summed E-state index contributed by atoms with van der Waals surface area (Å²) in [5.74, 6) is 1.03. The molecule has 0 N–H and O–H groups in total. The van der Waals surface area contributed by atoms with Crippen LogP contribution in [0.2, 0.25) is 18.1 Å². The lowest BCUT2D eigenvalue weighted by atomic mass is 10.1. The molecule has 1 aromatic rings. The zero-order valence-electron chi connectivity index (χ0n) is 11.9. The van der Waals surface area contributed by atoms with Crippen molar-refractivity contribution >= 4 is 13.3 Å². The molecule has 0 saturated heterocycles. The van der Waals surface area contributed by atoms with Crippen LogP contribution in [0.15, 0.2) is 48.1 Å². The van der Waals surface area contributed by atoms with Gasteiger partial charge in [0.05, 0.1) is 15.2 Å². The predicted molar refractivity (Wildman–Crippen MR) is 81.4 cm³/mol. The van der Waals surface area contributed by atoms with Crippen LogP contribution in [0.1, 0.15) is 13.8 Å². The summed E-state index contributed by atoms with van der Waals surface area (Å²) in [7, 11) is 0.0834. The third-order valence-corrected chi connectivity index (χ3v) is 9.59. The highest BCUT2D eigenvalue weighted by molar-refractivity contribution is 6.93. The van der Waals surface area contributed by atoms with Crippen molar-refractivity contribution in [1.29, 1.82) is 0 Å². The number of rotatable bonds is 3. The first-order chi connectivity index (χ1) is 8.43. The first-order valence-electron chi connectivity index (χ1n) is 6.43. The van der Waals surface area contributed by atoms with Crippen molar-refractivity contribution in [2.24, 2.45) is 0 Å². The van der Waals surface area contributed by atoms with Crippen LogP contribution in [0.3, 0.4) is 0 Å². The normalized spacial score (nSPS) is 23.1. The summed E-state index contributed by atoms with van der Waals surface area (Å²) in [5, 5.41) is 1.58. The summed E-state index contributed by atoms with van der Waals surface area (Å²) in [4.78, 5) is 0. The van der Waals surface area contributed by atoms with Gasteiger partial charge in [-0.2, -0.15) is 0 Å². The van der Waals surface area contributed by atoms with Gasteiger partial charge in [-0.15, -0.1) is 0 Å². The fourth-order valence-corrected chi connectivity index (χ4v) is 6.29. The van der Waals surface area contributed by atoms with E-state index < -0.39 is 8.07 Å². The maximum Gasteiger partial charge on any atom is 0.118 e. The molecule has 0 fully saturated rings. The molecular formula is C16H22OSi. The molecule has 1 nitrogen and oxygen atoms in total. The minimum absolute atomic E-state index is 0.182. The van der Waals surface area contributed by atoms with E-state index >= 15 is 0 Å². The standard InChI is InChI=1S/C16H22OSi/c1-13-9-8-12-16(13,2)18(4,5)15-11-7-6-10-14(15)17-3/h6-12H,1-5H3. The Morgan fingerprint density at radius 3 is 2.39 bits per heavy atom. The van der Waals surface area contributed by atoms with Crippen molar-refractivity contribution in [3.05, 3.63) is 48.1 Å². The summed E-state index contributed by atoms with van der Waals surface area (Å²) >= 11 is 0. The smallest absolute Gasteiger partial charge is 0.118 e. The van der Waals surface area contributed by atoms with Gasteiger partial charge in [0, 0.05) is 5.04 Å². The molecule has 0 amide bonds. The maximum atomic E-state index is 5.56. The molecule has 1 unspecified atom stereocenters. The number of para-hydroxylation sites is 1. The van der Waals surface area contributed by atoms with Gasteiger partial charge in [-0.3, -0.25) is 0 Å². The van der Waals surface area contributed by atoms with Crippen molar-refractivity contribution in [3.63, 3.8) is 0 Å². The van der Waals surface area contributed by atoms with E-state index in [9.17, 15) is 0 Å². The molecule has 2 rings (SSSR count). The van der Waals surface area contributed by atoms with Gasteiger partial charge in [0.2, 0.25) is 0 Å². The molecule has 0 heterocycles.